The number of hydrogen-bond donors (Lipinski definition) is 1. The van der Waals surface area contributed by atoms with Crippen molar-refractivity contribution in [3.8, 4) is 0 Å². The zero-order valence-electron chi connectivity index (χ0n) is 18.8. The lowest BCUT2D eigenvalue weighted by molar-refractivity contribution is 0.206. The Bertz CT molecular complexity index is 965. The molecule has 2 amide bonds. The van der Waals surface area contributed by atoms with E-state index in [1.807, 2.05) is 29.2 Å². The number of unbranched alkanes of at least 4 members (excludes halogenated alkanes) is 2. The molecule has 0 unspecified atom stereocenters. The number of aromatic nitrogens is 1. The predicted octanol–water partition coefficient (Wildman–Crippen LogP) is 6.79. The van der Waals surface area contributed by atoms with E-state index in [0.717, 1.165) is 43.7 Å². The molecular weight excluding hydrogens is 402 g/mol. The van der Waals surface area contributed by atoms with Crippen LogP contribution in [0.2, 0.25) is 0 Å². The van der Waals surface area contributed by atoms with Crippen LogP contribution < -0.4 is 5.32 Å². The molecule has 0 aliphatic rings. The minimum Gasteiger partial charge on any atom is -0.345 e. The van der Waals surface area contributed by atoms with Gasteiger partial charge in [0.15, 0.2) is 0 Å². The van der Waals surface area contributed by atoms with Crippen molar-refractivity contribution in [3.05, 3.63) is 83.7 Å². The molecule has 0 saturated heterocycles. The standard InChI is InChI=1S/C26H33N3OS/c1-4-5-6-16-29(26(30)27-23-12-14-25(31-3)15-13-23)20-24-11-8-17-28(24)19-22-10-7-9-21(2)18-22/h7-15,17-18H,4-6,16,19-20H2,1-3H3,(H,27,30). The summed E-state index contributed by atoms with van der Waals surface area (Å²) in [6.07, 6.45) is 7.41. The fourth-order valence-electron chi connectivity index (χ4n) is 3.63. The number of anilines is 1. The Morgan fingerprint density at radius 1 is 1.06 bits per heavy atom. The first-order valence-electron chi connectivity index (χ1n) is 11.0. The number of aryl methyl sites for hydroxylation is 1. The van der Waals surface area contributed by atoms with Gasteiger partial charge in [-0.25, -0.2) is 4.79 Å². The van der Waals surface area contributed by atoms with Gasteiger partial charge in [-0.3, -0.25) is 0 Å². The van der Waals surface area contributed by atoms with Gasteiger partial charge in [-0.1, -0.05) is 49.6 Å². The molecule has 1 heterocycles. The van der Waals surface area contributed by atoms with Gasteiger partial charge in [-0.05, 0) is 61.6 Å². The first-order valence-corrected chi connectivity index (χ1v) is 12.2. The Balaban J connectivity index is 1.71. The number of carbonyl (C=O) groups is 1. The van der Waals surface area contributed by atoms with Crippen LogP contribution in [-0.2, 0) is 13.1 Å². The third kappa shape index (κ3) is 6.93. The van der Waals surface area contributed by atoms with E-state index in [-0.39, 0.29) is 6.03 Å². The fourth-order valence-corrected chi connectivity index (χ4v) is 4.04. The lowest BCUT2D eigenvalue weighted by atomic mass is 10.1. The van der Waals surface area contributed by atoms with Crippen molar-refractivity contribution in [3.63, 3.8) is 0 Å². The molecule has 0 radical (unpaired) electrons. The summed E-state index contributed by atoms with van der Waals surface area (Å²) in [5.74, 6) is 0. The maximum absolute atomic E-state index is 13.1. The van der Waals surface area contributed by atoms with Gasteiger partial charge < -0.3 is 14.8 Å². The third-order valence-corrected chi connectivity index (χ3v) is 6.12. The van der Waals surface area contributed by atoms with Crippen LogP contribution in [0.15, 0.2) is 71.8 Å². The number of carbonyl (C=O) groups excluding carboxylic acids is 1. The smallest absolute Gasteiger partial charge is 0.322 e. The number of amides is 2. The molecule has 0 spiro atoms. The van der Waals surface area contributed by atoms with Gasteiger partial charge in [0.2, 0.25) is 0 Å². The fraction of sp³-hybridized carbons (Fsp3) is 0.346. The quantitative estimate of drug-likeness (QED) is 0.281. The Hall–Kier alpha value is -2.66. The molecule has 3 rings (SSSR count). The maximum Gasteiger partial charge on any atom is 0.322 e. The van der Waals surface area contributed by atoms with Crippen LogP contribution in [0.5, 0.6) is 0 Å². The molecule has 4 nitrogen and oxygen atoms in total. The van der Waals surface area contributed by atoms with E-state index in [2.05, 4.69) is 72.6 Å². The number of urea groups is 1. The number of nitrogens with one attached hydrogen (secondary N) is 1. The molecule has 2 aromatic carbocycles. The molecular formula is C26H33N3OS. The van der Waals surface area contributed by atoms with Gasteiger partial charge >= 0.3 is 6.03 Å². The molecule has 0 aliphatic carbocycles. The minimum absolute atomic E-state index is 0.0451. The van der Waals surface area contributed by atoms with Gasteiger partial charge in [0.25, 0.3) is 0 Å². The highest BCUT2D eigenvalue weighted by atomic mass is 32.2. The predicted molar refractivity (Wildman–Crippen MR) is 132 cm³/mol. The van der Waals surface area contributed by atoms with Crippen LogP contribution in [0.25, 0.3) is 0 Å². The van der Waals surface area contributed by atoms with E-state index < -0.39 is 0 Å². The van der Waals surface area contributed by atoms with E-state index in [4.69, 9.17) is 0 Å². The maximum atomic E-state index is 13.1. The summed E-state index contributed by atoms with van der Waals surface area (Å²) in [4.78, 5) is 16.2. The van der Waals surface area contributed by atoms with Crippen molar-refractivity contribution in [2.45, 2.75) is 51.1 Å². The molecule has 0 atom stereocenters. The number of benzene rings is 2. The van der Waals surface area contributed by atoms with Crippen LogP contribution in [0.1, 0.15) is 43.0 Å². The highest BCUT2D eigenvalue weighted by molar-refractivity contribution is 7.98. The van der Waals surface area contributed by atoms with Gasteiger partial charge in [-0.15, -0.1) is 11.8 Å². The van der Waals surface area contributed by atoms with Crippen molar-refractivity contribution >= 4 is 23.5 Å². The molecule has 164 valence electrons. The minimum atomic E-state index is -0.0451. The van der Waals surface area contributed by atoms with Crippen LogP contribution in [0.3, 0.4) is 0 Å². The van der Waals surface area contributed by atoms with Crippen molar-refractivity contribution in [1.29, 1.82) is 0 Å². The topological polar surface area (TPSA) is 37.3 Å². The zero-order valence-corrected chi connectivity index (χ0v) is 19.6. The second-order valence-corrected chi connectivity index (χ2v) is 8.78. The molecule has 3 aromatic rings. The van der Waals surface area contributed by atoms with Crippen molar-refractivity contribution < 1.29 is 4.79 Å². The summed E-state index contributed by atoms with van der Waals surface area (Å²) in [7, 11) is 0. The first kappa shape index (κ1) is 23.0. The number of rotatable bonds is 10. The van der Waals surface area contributed by atoms with Gasteiger partial charge in [0.05, 0.1) is 6.54 Å². The summed E-state index contributed by atoms with van der Waals surface area (Å²) in [5, 5.41) is 3.08. The second kappa shape index (κ2) is 11.7. The number of hydrogen-bond acceptors (Lipinski definition) is 2. The molecule has 1 aromatic heterocycles. The molecule has 0 fully saturated rings. The summed E-state index contributed by atoms with van der Waals surface area (Å²) < 4.78 is 2.24. The monoisotopic (exact) mass is 435 g/mol. The molecule has 31 heavy (non-hydrogen) atoms. The molecule has 5 heteroatoms. The van der Waals surface area contributed by atoms with Crippen LogP contribution >= 0.6 is 11.8 Å². The zero-order chi connectivity index (χ0) is 22.1. The summed E-state index contributed by atoms with van der Waals surface area (Å²) in [6.45, 7) is 6.45. The van der Waals surface area contributed by atoms with Gasteiger partial charge in [0, 0.05) is 35.6 Å². The first-order chi connectivity index (χ1) is 15.1. The number of thioether (sulfide) groups is 1. The normalized spacial score (nSPS) is 10.8. The van der Waals surface area contributed by atoms with Crippen LogP contribution in [0.4, 0.5) is 10.5 Å². The molecule has 1 N–H and O–H groups in total. The van der Waals surface area contributed by atoms with Crippen molar-refractivity contribution in [2.24, 2.45) is 0 Å². The summed E-state index contributed by atoms with van der Waals surface area (Å²) in [6, 6.07) is 20.7. The average molecular weight is 436 g/mol. The van der Waals surface area contributed by atoms with Crippen LogP contribution in [-0.4, -0.2) is 28.3 Å². The summed E-state index contributed by atoms with van der Waals surface area (Å²) >= 11 is 1.70. The van der Waals surface area contributed by atoms with E-state index >= 15 is 0 Å². The lowest BCUT2D eigenvalue weighted by Crippen LogP contribution is -2.36. The third-order valence-electron chi connectivity index (χ3n) is 5.37. The van der Waals surface area contributed by atoms with Crippen molar-refractivity contribution in [2.75, 3.05) is 18.1 Å². The largest absolute Gasteiger partial charge is 0.345 e. The highest BCUT2D eigenvalue weighted by Crippen LogP contribution is 2.19. The van der Waals surface area contributed by atoms with E-state index in [1.165, 1.54) is 16.0 Å². The Kier molecular flexibility index (Phi) is 8.65. The van der Waals surface area contributed by atoms with Gasteiger partial charge in [0.1, 0.15) is 0 Å². The second-order valence-electron chi connectivity index (χ2n) is 7.90. The highest BCUT2D eigenvalue weighted by Gasteiger charge is 2.16. The van der Waals surface area contributed by atoms with Crippen LogP contribution in [0, 0.1) is 6.92 Å². The Labute approximate surface area is 190 Å². The Morgan fingerprint density at radius 3 is 2.58 bits per heavy atom. The SMILES string of the molecule is CCCCCN(Cc1cccn1Cc1cccc(C)c1)C(=O)Nc1ccc(SC)cc1. The van der Waals surface area contributed by atoms with E-state index in [9.17, 15) is 4.79 Å². The molecule has 0 saturated carbocycles. The average Bonchev–Trinajstić information content (AvgIpc) is 3.20. The molecule has 0 bridgehead atoms. The molecule has 0 aliphatic heterocycles. The van der Waals surface area contributed by atoms with E-state index in [0.29, 0.717) is 6.54 Å². The Morgan fingerprint density at radius 2 is 1.87 bits per heavy atom. The van der Waals surface area contributed by atoms with Gasteiger partial charge in [-0.2, -0.15) is 0 Å². The summed E-state index contributed by atoms with van der Waals surface area (Å²) in [5.41, 5.74) is 4.51. The number of nitrogens with zero attached hydrogens (tertiary/aromatic N) is 2. The van der Waals surface area contributed by atoms with E-state index in [1.54, 1.807) is 11.8 Å². The lowest BCUT2D eigenvalue weighted by Gasteiger charge is -2.24. The van der Waals surface area contributed by atoms with Crippen molar-refractivity contribution in [1.82, 2.24) is 9.47 Å².